The Morgan fingerprint density at radius 1 is 1.12 bits per heavy atom. The van der Waals surface area contributed by atoms with E-state index in [4.69, 9.17) is 17.3 Å². The number of rotatable bonds is 4. The number of aryl methyl sites for hydroxylation is 1. The largest absolute Gasteiger partial charge is 0.398 e. The first-order chi connectivity index (χ1) is 11.5. The van der Waals surface area contributed by atoms with E-state index in [0.29, 0.717) is 0 Å². The number of pyridine rings is 1. The fraction of sp³-hybridized carbons (Fsp3) is 0.211. The average molecular weight is 341 g/mol. The molecule has 1 aromatic heterocycles. The fourth-order valence-corrected chi connectivity index (χ4v) is 2.92. The van der Waals surface area contributed by atoms with Gasteiger partial charge in [-0.15, -0.1) is 0 Å². The molecule has 0 spiro atoms. The number of nitrogen functional groups attached to an aromatic ring is 1. The van der Waals surface area contributed by atoms with E-state index >= 15 is 0 Å². The number of benzene rings is 2. The molecular formula is C19H21ClN4. The first-order valence-corrected chi connectivity index (χ1v) is 8.17. The maximum absolute atomic E-state index is 6.29. The first kappa shape index (κ1) is 16.6. The van der Waals surface area contributed by atoms with Gasteiger partial charge in [0.25, 0.3) is 0 Å². The van der Waals surface area contributed by atoms with Gasteiger partial charge in [-0.1, -0.05) is 23.7 Å². The van der Waals surface area contributed by atoms with Gasteiger partial charge in [-0.3, -0.25) is 0 Å². The molecule has 0 aliphatic heterocycles. The Bertz CT molecular complexity index is 890. The van der Waals surface area contributed by atoms with Gasteiger partial charge in [0.1, 0.15) is 5.82 Å². The van der Waals surface area contributed by atoms with Crippen molar-refractivity contribution in [3.8, 4) is 0 Å². The van der Waals surface area contributed by atoms with E-state index in [-0.39, 0.29) is 0 Å². The number of aromatic nitrogens is 1. The van der Waals surface area contributed by atoms with Gasteiger partial charge in [-0.05, 0) is 56.4 Å². The molecule has 0 amide bonds. The molecule has 124 valence electrons. The molecule has 0 saturated heterocycles. The Morgan fingerprint density at radius 3 is 2.67 bits per heavy atom. The Morgan fingerprint density at radius 2 is 1.92 bits per heavy atom. The molecule has 0 radical (unpaired) electrons. The molecule has 2 aromatic carbocycles. The molecule has 5 heteroatoms. The molecule has 0 atom stereocenters. The van der Waals surface area contributed by atoms with E-state index < -0.39 is 0 Å². The minimum atomic E-state index is 0.764. The Balaban J connectivity index is 2.00. The number of nitrogens with two attached hydrogens (primary N) is 1. The minimum Gasteiger partial charge on any atom is -0.398 e. The van der Waals surface area contributed by atoms with Crippen molar-refractivity contribution in [3.05, 3.63) is 58.7 Å². The van der Waals surface area contributed by atoms with Crippen LogP contribution in [0.4, 0.5) is 17.2 Å². The zero-order valence-electron chi connectivity index (χ0n) is 14.1. The van der Waals surface area contributed by atoms with Crippen molar-refractivity contribution in [2.24, 2.45) is 0 Å². The number of nitrogens with zero attached hydrogens (tertiary/aromatic N) is 2. The maximum Gasteiger partial charge on any atom is 0.138 e. The lowest BCUT2D eigenvalue weighted by molar-refractivity contribution is 0.402. The Labute approximate surface area is 147 Å². The van der Waals surface area contributed by atoms with Crippen LogP contribution in [0, 0.1) is 6.92 Å². The highest BCUT2D eigenvalue weighted by atomic mass is 35.5. The van der Waals surface area contributed by atoms with E-state index in [1.54, 1.807) is 6.20 Å². The van der Waals surface area contributed by atoms with Gasteiger partial charge in [-0.2, -0.15) is 0 Å². The van der Waals surface area contributed by atoms with Gasteiger partial charge in [0, 0.05) is 39.9 Å². The smallest absolute Gasteiger partial charge is 0.138 e. The molecule has 24 heavy (non-hydrogen) atoms. The third kappa shape index (κ3) is 3.30. The maximum atomic E-state index is 6.29. The van der Waals surface area contributed by atoms with Crippen LogP contribution in [0.5, 0.6) is 0 Å². The van der Waals surface area contributed by atoms with E-state index in [0.717, 1.165) is 50.7 Å². The quantitative estimate of drug-likeness (QED) is 0.682. The van der Waals surface area contributed by atoms with Crippen LogP contribution < -0.4 is 11.1 Å². The molecule has 0 unspecified atom stereocenters. The van der Waals surface area contributed by atoms with Crippen LogP contribution in [0.25, 0.3) is 10.8 Å². The molecule has 0 fully saturated rings. The number of fused-ring (bicyclic) bond motifs is 1. The minimum absolute atomic E-state index is 0.764. The van der Waals surface area contributed by atoms with E-state index in [1.165, 1.54) is 0 Å². The van der Waals surface area contributed by atoms with Gasteiger partial charge in [-0.25, -0.2) is 4.98 Å². The summed E-state index contributed by atoms with van der Waals surface area (Å²) >= 11 is 6.29. The number of hydrogen-bond acceptors (Lipinski definition) is 4. The number of halogens is 1. The average Bonchev–Trinajstić information content (AvgIpc) is 2.54. The van der Waals surface area contributed by atoms with Gasteiger partial charge in [0.15, 0.2) is 0 Å². The summed E-state index contributed by atoms with van der Waals surface area (Å²) in [4.78, 5) is 6.56. The van der Waals surface area contributed by atoms with E-state index in [1.807, 2.05) is 51.4 Å². The van der Waals surface area contributed by atoms with Gasteiger partial charge in [0.2, 0.25) is 0 Å². The SMILES string of the molecule is Cc1ccc2c(Nc3ccc(Cl)c(CN(C)C)c3)nccc2c1N. The molecule has 3 rings (SSSR count). The standard InChI is InChI=1S/C19H21ClN4/c1-12-4-6-16-15(18(12)21)8-9-22-19(16)23-14-5-7-17(20)13(10-14)11-24(2)3/h4-10H,11,21H2,1-3H3,(H,22,23). The summed E-state index contributed by atoms with van der Waals surface area (Å²) in [5.74, 6) is 0.789. The fourth-order valence-electron chi connectivity index (χ4n) is 2.74. The summed E-state index contributed by atoms with van der Waals surface area (Å²) in [6.45, 7) is 2.79. The van der Waals surface area contributed by atoms with Crippen LogP contribution in [-0.2, 0) is 6.54 Å². The lowest BCUT2D eigenvalue weighted by atomic mass is 10.1. The molecule has 1 heterocycles. The van der Waals surface area contributed by atoms with Gasteiger partial charge in [0.05, 0.1) is 0 Å². The molecule has 0 aliphatic rings. The summed E-state index contributed by atoms with van der Waals surface area (Å²) in [6.07, 6.45) is 1.77. The molecular weight excluding hydrogens is 320 g/mol. The second-order valence-electron chi connectivity index (χ2n) is 6.22. The van der Waals surface area contributed by atoms with Crippen LogP contribution in [0.3, 0.4) is 0 Å². The molecule has 4 nitrogen and oxygen atoms in total. The van der Waals surface area contributed by atoms with Crippen molar-refractivity contribution in [2.45, 2.75) is 13.5 Å². The third-order valence-corrected chi connectivity index (χ3v) is 4.37. The highest BCUT2D eigenvalue weighted by Gasteiger charge is 2.09. The lowest BCUT2D eigenvalue weighted by Gasteiger charge is -2.15. The lowest BCUT2D eigenvalue weighted by Crippen LogP contribution is -2.11. The third-order valence-electron chi connectivity index (χ3n) is 4.00. The Kier molecular flexibility index (Phi) is 4.60. The molecule has 0 bridgehead atoms. The van der Waals surface area contributed by atoms with Crippen molar-refractivity contribution in [1.82, 2.24) is 9.88 Å². The van der Waals surface area contributed by atoms with Gasteiger partial charge >= 0.3 is 0 Å². The first-order valence-electron chi connectivity index (χ1n) is 7.79. The molecule has 3 N–H and O–H groups in total. The number of nitrogens with one attached hydrogen (secondary N) is 1. The normalized spacial score (nSPS) is 11.2. The van der Waals surface area contributed by atoms with E-state index in [2.05, 4.69) is 21.3 Å². The zero-order chi connectivity index (χ0) is 17.3. The van der Waals surface area contributed by atoms with Crippen LogP contribution in [0.2, 0.25) is 5.02 Å². The van der Waals surface area contributed by atoms with Crippen molar-refractivity contribution < 1.29 is 0 Å². The van der Waals surface area contributed by atoms with Crippen molar-refractivity contribution in [2.75, 3.05) is 25.1 Å². The van der Waals surface area contributed by atoms with Gasteiger partial charge < -0.3 is 16.0 Å². The van der Waals surface area contributed by atoms with Crippen LogP contribution in [0.15, 0.2) is 42.6 Å². The Hall–Kier alpha value is -2.30. The predicted octanol–water partition coefficient (Wildman–Crippen LogP) is 4.58. The topological polar surface area (TPSA) is 54.2 Å². The second kappa shape index (κ2) is 6.67. The van der Waals surface area contributed by atoms with E-state index in [9.17, 15) is 0 Å². The van der Waals surface area contributed by atoms with Crippen LogP contribution in [-0.4, -0.2) is 24.0 Å². The molecule has 0 aliphatic carbocycles. The summed E-state index contributed by atoms with van der Waals surface area (Å²) in [5, 5.41) is 6.17. The zero-order valence-corrected chi connectivity index (χ0v) is 14.9. The second-order valence-corrected chi connectivity index (χ2v) is 6.63. The summed E-state index contributed by atoms with van der Waals surface area (Å²) < 4.78 is 0. The number of hydrogen-bond donors (Lipinski definition) is 2. The van der Waals surface area contributed by atoms with Crippen molar-refractivity contribution >= 4 is 39.6 Å². The van der Waals surface area contributed by atoms with Crippen molar-refractivity contribution in [1.29, 1.82) is 0 Å². The highest BCUT2D eigenvalue weighted by Crippen LogP contribution is 2.31. The highest BCUT2D eigenvalue weighted by molar-refractivity contribution is 6.31. The van der Waals surface area contributed by atoms with Crippen molar-refractivity contribution in [3.63, 3.8) is 0 Å². The molecule has 3 aromatic rings. The van der Waals surface area contributed by atoms with Crippen LogP contribution >= 0.6 is 11.6 Å². The predicted molar refractivity (Wildman–Crippen MR) is 103 cm³/mol. The monoisotopic (exact) mass is 340 g/mol. The summed E-state index contributed by atoms with van der Waals surface area (Å²) in [7, 11) is 4.04. The number of anilines is 3. The summed E-state index contributed by atoms with van der Waals surface area (Å²) in [5.41, 5.74) is 10.1. The molecule has 0 saturated carbocycles. The van der Waals surface area contributed by atoms with Crippen LogP contribution in [0.1, 0.15) is 11.1 Å². The summed E-state index contributed by atoms with van der Waals surface area (Å²) in [6, 6.07) is 11.9.